The van der Waals surface area contributed by atoms with E-state index in [1.807, 2.05) is 18.2 Å². The third-order valence-corrected chi connectivity index (χ3v) is 4.59. The molecule has 1 atom stereocenters. The van der Waals surface area contributed by atoms with Gasteiger partial charge in [0.15, 0.2) is 6.10 Å². The van der Waals surface area contributed by atoms with Gasteiger partial charge in [0.05, 0.1) is 17.8 Å². The SMILES string of the molecule is COc1ccc(NC(=O)c2ccc(Cl)c(NC(=O)C(C)Oc3ccccc3)c2)cc1. The van der Waals surface area contributed by atoms with Crippen LogP contribution in [0.4, 0.5) is 11.4 Å². The number of carbonyl (C=O) groups excluding carboxylic acids is 2. The molecular weight excluding hydrogens is 404 g/mol. The van der Waals surface area contributed by atoms with Crippen molar-refractivity contribution in [3.05, 3.63) is 83.4 Å². The molecule has 154 valence electrons. The summed E-state index contributed by atoms with van der Waals surface area (Å²) in [7, 11) is 1.57. The van der Waals surface area contributed by atoms with Crippen molar-refractivity contribution in [2.45, 2.75) is 13.0 Å². The average Bonchev–Trinajstić information content (AvgIpc) is 2.76. The Balaban J connectivity index is 1.67. The Kier molecular flexibility index (Phi) is 6.93. The maximum Gasteiger partial charge on any atom is 0.265 e. The van der Waals surface area contributed by atoms with E-state index in [-0.39, 0.29) is 11.8 Å². The number of ether oxygens (including phenoxy) is 2. The van der Waals surface area contributed by atoms with E-state index in [2.05, 4.69) is 10.6 Å². The van der Waals surface area contributed by atoms with Gasteiger partial charge in [-0.2, -0.15) is 0 Å². The second kappa shape index (κ2) is 9.80. The topological polar surface area (TPSA) is 76.7 Å². The molecule has 0 saturated heterocycles. The van der Waals surface area contributed by atoms with Crippen molar-refractivity contribution < 1.29 is 19.1 Å². The van der Waals surface area contributed by atoms with E-state index in [1.54, 1.807) is 62.6 Å². The van der Waals surface area contributed by atoms with Crippen molar-refractivity contribution in [1.82, 2.24) is 0 Å². The lowest BCUT2D eigenvalue weighted by atomic mass is 10.1. The summed E-state index contributed by atoms with van der Waals surface area (Å²) >= 11 is 6.20. The van der Waals surface area contributed by atoms with Gasteiger partial charge in [0.2, 0.25) is 0 Å². The highest BCUT2D eigenvalue weighted by Crippen LogP contribution is 2.25. The monoisotopic (exact) mass is 424 g/mol. The summed E-state index contributed by atoms with van der Waals surface area (Å²) in [6, 6.07) is 20.7. The number of carbonyl (C=O) groups is 2. The van der Waals surface area contributed by atoms with Gasteiger partial charge in [0, 0.05) is 11.3 Å². The Hall–Kier alpha value is -3.51. The molecule has 3 aromatic carbocycles. The Labute approximate surface area is 179 Å². The Morgan fingerprint density at radius 1 is 0.900 bits per heavy atom. The first-order chi connectivity index (χ1) is 14.5. The third-order valence-electron chi connectivity index (χ3n) is 4.26. The molecule has 0 saturated carbocycles. The van der Waals surface area contributed by atoms with Crippen molar-refractivity contribution in [3.63, 3.8) is 0 Å². The summed E-state index contributed by atoms with van der Waals surface area (Å²) in [5.41, 5.74) is 1.29. The first-order valence-electron chi connectivity index (χ1n) is 9.24. The molecule has 3 rings (SSSR count). The lowest BCUT2D eigenvalue weighted by molar-refractivity contribution is -0.122. The fourth-order valence-electron chi connectivity index (χ4n) is 2.63. The highest BCUT2D eigenvalue weighted by Gasteiger charge is 2.17. The summed E-state index contributed by atoms with van der Waals surface area (Å²) in [6.07, 6.45) is -0.750. The van der Waals surface area contributed by atoms with E-state index >= 15 is 0 Å². The highest BCUT2D eigenvalue weighted by molar-refractivity contribution is 6.34. The summed E-state index contributed by atoms with van der Waals surface area (Å²) in [5, 5.41) is 5.82. The van der Waals surface area contributed by atoms with E-state index in [0.717, 1.165) is 0 Å². The number of halogens is 1. The van der Waals surface area contributed by atoms with Gasteiger partial charge in [0.25, 0.3) is 11.8 Å². The van der Waals surface area contributed by atoms with Crippen LogP contribution in [0.25, 0.3) is 0 Å². The molecule has 2 N–H and O–H groups in total. The van der Waals surface area contributed by atoms with Gasteiger partial charge < -0.3 is 20.1 Å². The van der Waals surface area contributed by atoms with E-state index in [4.69, 9.17) is 21.1 Å². The first kappa shape index (κ1) is 21.2. The van der Waals surface area contributed by atoms with Crippen molar-refractivity contribution in [3.8, 4) is 11.5 Å². The summed E-state index contributed by atoms with van der Waals surface area (Å²) < 4.78 is 10.7. The second-order valence-electron chi connectivity index (χ2n) is 6.44. The van der Waals surface area contributed by atoms with E-state index in [1.165, 1.54) is 6.07 Å². The Bertz CT molecular complexity index is 1020. The molecule has 1 unspecified atom stereocenters. The van der Waals surface area contributed by atoms with Crippen LogP contribution in [0.15, 0.2) is 72.8 Å². The fraction of sp³-hybridized carbons (Fsp3) is 0.130. The number of methoxy groups -OCH3 is 1. The Morgan fingerprint density at radius 3 is 2.27 bits per heavy atom. The molecule has 3 aromatic rings. The highest BCUT2D eigenvalue weighted by atomic mass is 35.5. The van der Waals surface area contributed by atoms with Crippen LogP contribution in [0.3, 0.4) is 0 Å². The normalized spacial score (nSPS) is 11.3. The average molecular weight is 425 g/mol. The number of hydrogen-bond donors (Lipinski definition) is 2. The molecule has 0 spiro atoms. The summed E-state index contributed by atoms with van der Waals surface area (Å²) in [4.78, 5) is 25.1. The van der Waals surface area contributed by atoms with Crippen LogP contribution in [-0.4, -0.2) is 25.0 Å². The summed E-state index contributed by atoms with van der Waals surface area (Å²) in [5.74, 6) is 0.560. The molecule has 0 heterocycles. The standard InChI is InChI=1S/C23H21ClN2O4/c1-15(30-19-6-4-3-5-7-19)22(27)26-21-14-16(8-13-20(21)24)23(28)25-17-9-11-18(29-2)12-10-17/h3-15H,1-2H3,(H,25,28)(H,26,27). The molecule has 30 heavy (non-hydrogen) atoms. The molecule has 0 aliphatic heterocycles. The minimum Gasteiger partial charge on any atom is -0.497 e. The van der Waals surface area contributed by atoms with Crippen molar-refractivity contribution in [1.29, 1.82) is 0 Å². The quantitative estimate of drug-likeness (QED) is 0.559. The lowest BCUT2D eigenvalue weighted by Crippen LogP contribution is -2.30. The number of amides is 2. The van der Waals surface area contributed by atoms with Gasteiger partial charge in [0.1, 0.15) is 11.5 Å². The molecule has 0 aliphatic rings. The number of anilines is 2. The maximum absolute atomic E-state index is 12.6. The number of para-hydroxylation sites is 1. The fourth-order valence-corrected chi connectivity index (χ4v) is 2.80. The van der Waals surface area contributed by atoms with E-state index in [0.29, 0.717) is 33.5 Å². The molecule has 0 aliphatic carbocycles. The van der Waals surface area contributed by atoms with Crippen LogP contribution in [0.2, 0.25) is 5.02 Å². The molecule has 0 bridgehead atoms. The number of nitrogens with one attached hydrogen (secondary N) is 2. The van der Waals surface area contributed by atoms with Gasteiger partial charge in [-0.05, 0) is 61.5 Å². The van der Waals surface area contributed by atoms with Crippen LogP contribution < -0.4 is 20.1 Å². The van der Waals surface area contributed by atoms with Gasteiger partial charge in [-0.25, -0.2) is 0 Å². The largest absolute Gasteiger partial charge is 0.497 e. The van der Waals surface area contributed by atoms with Gasteiger partial charge in [-0.3, -0.25) is 9.59 Å². The van der Waals surface area contributed by atoms with E-state index < -0.39 is 6.10 Å². The van der Waals surface area contributed by atoms with Crippen molar-refractivity contribution in [2.75, 3.05) is 17.7 Å². The third kappa shape index (κ3) is 5.52. The predicted molar refractivity (Wildman–Crippen MR) is 118 cm³/mol. The minimum absolute atomic E-state index is 0.316. The zero-order valence-electron chi connectivity index (χ0n) is 16.5. The minimum atomic E-state index is -0.750. The summed E-state index contributed by atoms with van der Waals surface area (Å²) in [6.45, 7) is 1.64. The van der Waals surface area contributed by atoms with Gasteiger partial charge in [-0.15, -0.1) is 0 Å². The molecule has 0 aromatic heterocycles. The zero-order valence-corrected chi connectivity index (χ0v) is 17.3. The molecule has 7 heteroatoms. The molecular formula is C23H21ClN2O4. The number of benzene rings is 3. The van der Waals surface area contributed by atoms with Crippen LogP contribution in [-0.2, 0) is 4.79 Å². The molecule has 2 amide bonds. The Morgan fingerprint density at radius 2 is 1.60 bits per heavy atom. The van der Waals surface area contributed by atoms with E-state index in [9.17, 15) is 9.59 Å². The van der Waals surface area contributed by atoms with Crippen LogP contribution >= 0.6 is 11.6 Å². The van der Waals surface area contributed by atoms with Gasteiger partial charge in [-0.1, -0.05) is 29.8 Å². The molecule has 0 fully saturated rings. The van der Waals surface area contributed by atoms with Crippen LogP contribution in [0, 0.1) is 0 Å². The van der Waals surface area contributed by atoms with Crippen LogP contribution in [0.5, 0.6) is 11.5 Å². The number of rotatable bonds is 7. The predicted octanol–water partition coefficient (Wildman–Crippen LogP) is 5.01. The zero-order chi connectivity index (χ0) is 21.5. The second-order valence-corrected chi connectivity index (χ2v) is 6.85. The van der Waals surface area contributed by atoms with Crippen molar-refractivity contribution >= 4 is 34.8 Å². The van der Waals surface area contributed by atoms with Gasteiger partial charge >= 0.3 is 0 Å². The van der Waals surface area contributed by atoms with Crippen molar-refractivity contribution in [2.24, 2.45) is 0 Å². The molecule has 0 radical (unpaired) electrons. The lowest BCUT2D eigenvalue weighted by Gasteiger charge is -2.16. The smallest absolute Gasteiger partial charge is 0.265 e. The number of hydrogen-bond acceptors (Lipinski definition) is 4. The maximum atomic E-state index is 12.6. The first-order valence-corrected chi connectivity index (χ1v) is 9.61. The van der Waals surface area contributed by atoms with Crippen LogP contribution in [0.1, 0.15) is 17.3 Å². The molecule has 6 nitrogen and oxygen atoms in total.